The van der Waals surface area contributed by atoms with Gasteiger partial charge in [-0.2, -0.15) is 0 Å². The summed E-state index contributed by atoms with van der Waals surface area (Å²) in [5.74, 6) is -0.672. The number of amides is 3. The highest BCUT2D eigenvalue weighted by molar-refractivity contribution is 7.89. The quantitative estimate of drug-likeness (QED) is 0.734. The van der Waals surface area contributed by atoms with Crippen LogP contribution in [-0.2, 0) is 19.6 Å². The zero-order chi connectivity index (χ0) is 19.1. The van der Waals surface area contributed by atoms with Crippen molar-refractivity contribution in [3.63, 3.8) is 0 Å². The number of ether oxygens (including phenoxy) is 1. The molecule has 0 aliphatic carbocycles. The fourth-order valence-electron chi connectivity index (χ4n) is 3.02. The van der Waals surface area contributed by atoms with Crippen LogP contribution in [0.1, 0.15) is 16.8 Å². The van der Waals surface area contributed by atoms with E-state index in [0.29, 0.717) is 18.5 Å². The van der Waals surface area contributed by atoms with Crippen LogP contribution in [0.25, 0.3) is 0 Å². The number of imide groups is 1. The molecule has 3 amide bonds. The van der Waals surface area contributed by atoms with Gasteiger partial charge in [0.15, 0.2) is 6.61 Å². The van der Waals surface area contributed by atoms with Crippen LogP contribution in [-0.4, -0.2) is 80.3 Å². The Morgan fingerprint density at radius 2 is 1.85 bits per heavy atom. The number of carbonyl (C=O) groups is 3. The van der Waals surface area contributed by atoms with Gasteiger partial charge < -0.3 is 9.64 Å². The van der Waals surface area contributed by atoms with Gasteiger partial charge in [-0.25, -0.2) is 22.4 Å². The predicted octanol–water partition coefficient (Wildman–Crippen LogP) is 0.130. The molecule has 1 aromatic rings. The van der Waals surface area contributed by atoms with Crippen LogP contribution in [0.5, 0.6) is 0 Å². The van der Waals surface area contributed by atoms with Crippen LogP contribution in [0.3, 0.4) is 0 Å². The van der Waals surface area contributed by atoms with Crippen molar-refractivity contribution >= 4 is 27.9 Å². The summed E-state index contributed by atoms with van der Waals surface area (Å²) < 4.78 is 29.9. The summed E-state index contributed by atoms with van der Waals surface area (Å²) in [6.07, 6.45) is -0.188. The third-order valence-corrected chi connectivity index (χ3v) is 6.31. The summed E-state index contributed by atoms with van der Waals surface area (Å²) in [4.78, 5) is 38.7. The first-order valence-electron chi connectivity index (χ1n) is 8.02. The molecule has 0 spiro atoms. The highest BCUT2D eigenvalue weighted by Crippen LogP contribution is 2.22. The first-order valence-corrected chi connectivity index (χ1v) is 9.46. The molecule has 26 heavy (non-hydrogen) atoms. The Kier molecular flexibility index (Phi) is 4.72. The lowest BCUT2D eigenvalue weighted by Gasteiger charge is -2.20. The van der Waals surface area contributed by atoms with Gasteiger partial charge in [0.25, 0.3) is 11.8 Å². The van der Waals surface area contributed by atoms with Gasteiger partial charge in [0.05, 0.1) is 10.9 Å². The second-order valence-corrected chi connectivity index (χ2v) is 8.48. The molecule has 1 unspecified atom stereocenters. The summed E-state index contributed by atoms with van der Waals surface area (Å²) in [6, 6.07) is 5.30. The summed E-state index contributed by atoms with van der Waals surface area (Å²) >= 11 is 0. The molecule has 2 aliphatic heterocycles. The zero-order valence-corrected chi connectivity index (χ0v) is 15.2. The average Bonchev–Trinajstić information content (AvgIpc) is 3.20. The van der Waals surface area contributed by atoms with E-state index < -0.39 is 28.1 Å². The standard InChI is InChI=1S/C16H19N3O6S/c1-17(2)26(23,24)13-5-3-11(4-6-13)15(21)18-8-7-12(9-18)19-14(20)10-25-16(19)22/h3-6,12H,7-10H2,1-2H3. The number of benzene rings is 1. The normalized spacial score (nSPS) is 20.8. The fourth-order valence-corrected chi connectivity index (χ4v) is 3.92. The number of cyclic esters (lactones) is 1. The summed E-state index contributed by atoms with van der Waals surface area (Å²) in [5, 5.41) is 0. The number of rotatable bonds is 4. The van der Waals surface area contributed by atoms with E-state index in [-0.39, 0.29) is 24.0 Å². The van der Waals surface area contributed by atoms with Crippen LogP contribution in [0.4, 0.5) is 4.79 Å². The molecule has 0 radical (unpaired) electrons. The van der Waals surface area contributed by atoms with Crippen molar-refractivity contribution in [3.05, 3.63) is 29.8 Å². The fraction of sp³-hybridized carbons (Fsp3) is 0.438. The Morgan fingerprint density at radius 1 is 1.19 bits per heavy atom. The van der Waals surface area contributed by atoms with Gasteiger partial charge in [0, 0.05) is 32.7 Å². The second-order valence-electron chi connectivity index (χ2n) is 6.32. The molecule has 140 valence electrons. The number of carbonyl (C=O) groups excluding carboxylic acids is 3. The molecule has 2 heterocycles. The largest absolute Gasteiger partial charge is 0.439 e. The van der Waals surface area contributed by atoms with Crippen molar-refractivity contribution in [1.29, 1.82) is 0 Å². The van der Waals surface area contributed by atoms with Gasteiger partial charge in [-0.1, -0.05) is 0 Å². The van der Waals surface area contributed by atoms with Crippen molar-refractivity contribution < 1.29 is 27.5 Å². The maximum absolute atomic E-state index is 12.6. The Labute approximate surface area is 151 Å². The molecule has 0 bridgehead atoms. The second kappa shape index (κ2) is 6.69. The molecule has 0 saturated carbocycles. The van der Waals surface area contributed by atoms with Crippen LogP contribution >= 0.6 is 0 Å². The molecule has 0 N–H and O–H groups in total. The van der Waals surface area contributed by atoms with E-state index in [4.69, 9.17) is 4.74 Å². The molecule has 2 aliphatic rings. The van der Waals surface area contributed by atoms with Gasteiger partial charge in [-0.05, 0) is 30.7 Å². The minimum atomic E-state index is -3.56. The molecule has 1 atom stereocenters. The zero-order valence-electron chi connectivity index (χ0n) is 14.4. The lowest BCUT2D eigenvalue weighted by atomic mass is 10.2. The lowest BCUT2D eigenvalue weighted by Crippen LogP contribution is -2.42. The molecule has 2 saturated heterocycles. The van der Waals surface area contributed by atoms with Crippen molar-refractivity contribution in [2.75, 3.05) is 33.8 Å². The first kappa shape index (κ1) is 18.3. The van der Waals surface area contributed by atoms with Gasteiger partial charge in [0.2, 0.25) is 10.0 Å². The maximum Gasteiger partial charge on any atom is 0.417 e. The number of nitrogens with zero attached hydrogens (tertiary/aromatic N) is 3. The summed E-state index contributed by atoms with van der Waals surface area (Å²) in [6.45, 7) is 0.376. The van der Waals surface area contributed by atoms with Crippen LogP contribution < -0.4 is 0 Å². The summed E-state index contributed by atoms with van der Waals surface area (Å²) in [5.41, 5.74) is 0.346. The molecule has 9 nitrogen and oxygen atoms in total. The van der Waals surface area contributed by atoms with Crippen LogP contribution in [0.2, 0.25) is 0 Å². The molecule has 3 rings (SSSR count). The monoisotopic (exact) mass is 381 g/mol. The van der Waals surface area contributed by atoms with Gasteiger partial charge in [0.1, 0.15) is 0 Å². The number of hydrogen-bond acceptors (Lipinski definition) is 6. The van der Waals surface area contributed by atoms with E-state index >= 15 is 0 Å². The highest BCUT2D eigenvalue weighted by Gasteiger charge is 2.41. The third-order valence-electron chi connectivity index (χ3n) is 4.48. The molecule has 10 heteroatoms. The molecule has 0 aromatic heterocycles. The van der Waals surface area contributed by atoms with E-state index in [1.54, 1.807) is 4.90 Å². The van der Waals surface area contributed by atoms with E-state index in [2.05, 4.69) is 0 Å². The van der Waals surface area contributed by atoms with Crippen molar-refractivity contribution in [3.8, 4) is 0 Å². The number of hydrogen-bond donors (Lipinski definition) is 0. The van der Waals surface area contributed by atoms with Gasteiger partial charge >= 0.3 is 6.09 Å². The number of likely N-dealkylation sites (tertiary alicyclic amines) is 1. The van der Waals surface area contributed by atoms with E-state index in [1.165, 1.54) is 38.4 Å². The lowest BCUT2D eigenvalue weighted by molar-refractivity contribution is -0.127. The highest BCUT2D eigenvalue weighted by atomic mass is 32.2. The minimum absolute atomic E-state index is 0.101. The molecular weight excluding hydrogens is 362 g/mol. The SMILES string of the molecule is CN(C)S(=O)(=O)c1ccc(C(=O)N2CCC(N3C(=O)COC3=O)C2)cc1. The average molecular weight is 381 g/mol. The van der Waals surface area contributed by atoms with Crippen LogP contribution in [0.15, 0.2) is 29.2 Å². The Morgan fingerprint density at radius 3 is 2.38 bits per heavy atom. The van der Waals surface area contributed by atoms with Gasteiger partial charge in [-0.3, -0.25) is 9.59 Å². The Hall–Kier alpha value is -2.46. The van der Waals surface area contributed by atoms with Crippen molar-refractivity contribution in [2.45, 2.75) is 17.4 Å². The maximum atomic E-state index is 12.6. The van der Waals surface area contributed by atoms with E-state index in [0.717, 1.165) is 9.21 Å². The smallest absolute Gasteiger partial charge is 0.417 e. The Bertz CT molecular complexity index is 833. The van der Waals surface area contributed by atoms with E-state index in [9.17, 15) is 22.8 Å². The molecule has 2 fully saturated rings. The van der Waals surface area contributed by atoms with Crippen LogP contribution in [0, 0.1) is 0 Å². The van der Waals surface area contributed by atoms with Crippen molar-refractivity contribution in [1.82, 2.24) is 14.1 Å². The summed E-state index contributed by atoms with van der Waals surface area (Å²) in [7, 11) is -0.690. The van der Waals surface area contributed by atoms with Gasteiger partial charge in [-0.15, -0.1) is 0 Å². The number of sulfonamides is 1. The minimum Gasteiger partial charge on any atom is -0.439 e. The Balaban J connectivity index is 1.71. The molecule has 1 aromatic carbocycles. The topological polar surface area (TPSA) is 104 Å². The molecular formula is C16H19N3O6S. The first-order chi connectivity index (χ1) is 12.2. The third kappa shape index (κ3) is 3.17. The van der Waals surface area contributed by atoms with E-state index in [1.807, 2.05) is 0 Å². The van der Waals surface area contributed by atoms with Crippen molar-refractivity contribution in [2.24, 2.45) is 0 Å². The predicted molar refractivity (Wildman–Crippen MR) is 89.8 cm³/mol.